The summed E-state index contributed by atoms with van der Waals surface area (Å²) in [6.07, 6.45) is 0. The van der Waals surface area contributed by atoms with Gasteiger partial charge in [0.05, 0.1) is 15.7 Å². The number of hydrogen-bond acceptors (Lipinski definition) is 2. The van der Waals surface area contributed by atoms with Crippen LogP contribution in [0.4, 0.5) is 0 Å². The van der Waals surface area contributed by atoms with Crippen LogP contribution in [0.1, 0.15) is 0 Å². The molecular formula is C32H19NS2. The molecule has 3 aromatic heterocycles. The van der Waals surface area contributed by atoms with Gasteiger partial charge in [-0.3, -0.25) is 0 Å². The first-order valence-corrected chi connectivity index (χ1v) is 13.4. The summed E-state index contributed by atoms with van der Waals surface area (Å²) in [5, 5.41) is 5.35. The van der Waals surface area contributed by atoms with Crippen molar-refractivity contribution in [2.45, 2.75) is 0 Å². The Morgan fingerprint density at radius 2 is 1.29 bits per heavy atom. The van der Waals surface area contributed by atoms with Crippen molar-refractivity contribution in [3.8, 4) is 16.8 Å². The zero-order chi connectivity index (χ0) is 22.9. The lowest BCUT2D eigenvalue weighted by molar-refractivity contribution is 1.19. The number of aromatic nitrogens is 1. The van der Waals surface area contributed by atoms with Crippen molar-refractivity contribution in [1.29, 1.82) is 0 Å². The van der Waals surface area contributed by atoms with Crippen molar-refractivity contribution < 1.29 is 0 Å². The lowest BCUT2D eigenvalue weighted by Crippen LogP contribution is -1.92. The van der Waals surface area contributed by atoms with E-state index in [1.807, 2.05) is 22.7 Å². The minimum absolute atomic E-state index is 1.21. The fourth-order valence-electron chi connectivity index (χ4n) is 5.50. The van der Waals surface area contributed by atoms with Gasteiger partial charge in [0.25, 0.3) is 0 Å². The van der Waals surface area contributed by atoms with Gasteiger partial charge in [0.2, 0.25) is 0 Å². The van der Waals surface area contributed by atoms with E-state index in [4.69, 9.17) is 0 Å². The zero-order valence-electron chi connectivity index (χ0n) is 18.7. The number of nitrogens with zero attached hydrogens (tertiary/aromatic N) is 1. The highest BCUT2D eigenvalue weighted by Crippen LogP contribution is 2.45. The summed E-state index contributed by atoms with van der Waals surface area (Å²) >= 11 is 3.79. The number of rotatable bonds is 2. The minimum Gasteiger partial charge on any atom is -0.308 e. The van der Waals surface area contributed by atoms with E-state index < -0.39 is 0 Å². The third-order valence-corrected chi connectivity index (χ3v) is 9.32. The highest BCUT2D eigenvalue weighted by molar-refractivity contribution is 7.27. The molecule has 0 N–H and O–H groups in total. The number of fused-ring (bicyclic) bond motifs is 8. The molecule has 0 aliphatic heterocycles. The summed E-state index contributed by atoms with van der Waals surface area (Å²) in [7, 11) is 0. The topological polar surface area (TPSA) is 4.93 Å². The van der Waals surface area contributed by atoms with Crippen molar-refractivity contribution >= 4 is 74.1 Å². The van der Waals surface area contributed by atoms with E-state index >= 15 is 0 Å². The van der Waals surface area contributed by atoms with Crippen LogP contribution in [0.5, 0.6) is 0 Å². The lowest BCUT2D eigenvalue weighted by Gasteiger charge is -2.08. The molecule has 3 heterocycles. The number of hydrogen-bond donors (Lipinski definition) is 0. The molecule has 3 heteroatoms. The predicted octanol–water partition coefficient (Wildman–Crippen LogP) is 10.0. The highest BCUT2D eigenvalue weighted by Gasteiger charge is 2.18. The van der Waals surface area contributed by atoms with Crippen LogP contribution < -0.4 is 0 Å². The molecule has 0 fully saturated rings. The first-order chi connectivity index (χ1) is 17.4. The molecule has 0 aliphatic rings. The average Bonchev–Trinajstić information content (AvgIpc) is 3.57. The summed E-state index contributed by atoms with van der Waals surface area (Å²) in [5.74, 6) is 0. The summed E-state index contributed by atoms with van der Waals surface area (Å²) < 4.78 is 7.81. The van der Waals surface area contributed by atoms with Crippen LogP contribution in [0.3, 0.4) is 0 Å². The van der Waals surface area contributed by atoms with Gasteiger partial charge in [0.1, 0.15) is 0 Å². The minimum atomic E-state index is 1.21. The Kier molecular flexibility index (Phi) is 4.04. The Morgan fingerprint density at radius 3 is 2.20 bits per heavy atom. The average molecular weight is 482 g/mol. The molecule has 0 unspecified atom stereocenters. The fraction of sp³-hybridized carbons (Fsp3) is 0. The first kappa shape index (κ1) is 19.4. The first-order valence-electron chi connectivity index (χ1n) is 11.8. The number of thiophene rings is 2. The second-order valence-corrected chi connectivity index (χ2v) is 11.1. The Bertz CT molecular complexity index is 2050. The standard InChI is InChI=1S/C32H19NS2/c1-2-9-21(10-3-1)33-26-14-6-4-11-23(26)32-31(33)25-18-17-20(19-29(25)35-32)22-13-8-16-28-30(22)24-12-5-7-15-27(24)34-28/h1-19H. The molecule has 0 radical (unpaired) electrons. The van der Waals surface area contributed by atoms with Crippen molar-refractivity contribution in [2.75, 3.05) is 0 Å². The maximum Gasteiger partial charge on any atom is 0.0727 e. The van der Waals surface area contributed by atoms with E-state index in [9.17, 15) is 0 Å². The van der Waals surface area contributed by atoms with Crippen LogP contribution in [0.25, 0.3) is 68.2 Å². The van der Waals surface area contributed by atoms with Gasteiger partial charge in [-0.25, -0.2) is 0 Å². The SMILES string of the molecule is c1ccc(-n2c3ccccc3c3sc4cc(-c5cccc6sc7ccccc7c56)ccc4c32)cc1. The molecular weight excluding hydrogens is 462 g/mol. The monoisotopic (exact) mass is 481 g/mol. The van der Waals surface area contributed by atoms with Gasteiger partial charge in [-0.15, -0.1) is 22.7 Å². The molecule has 0 atom stereocenters. The van der Waals surface area contributed by atoms with Gasteiger partial charge < -0.3 is 4.57 Å². The molecule has 1 nitrogen and oxygen atoms in total. The predicted molar refractivity (Wildman–Crippen MR) is 154 cm³/mol. The molecule has 0 bridgehead atoms. The second-order valence-electron chi connectivity index (χ2n) is 8.96. The summed E-state index contributed by atoms with van der Waals surface area (Å²) in [6.45, 7) is 0. The number of para-hydroxylation sites is 2. The van der Waals surface area contributed by atoms with Crippen LogP contribution in [0, 0.1) is 0 Å². The van der Waals surface area contributed by atoms with E-state index in [1.54, 1.807) is 0 Å². The van der Waals surface area contributed by atoms with Gasteiger partial charge in [0, 0.05) is 41.3 Å². The quantitative estimate of drug-likeness (QED) is 0.231. The maximum absolute atomic E-state index is 2.43. The van der Waals surface area contributed by atoms with Crippen molar-refractivity contribution in [3.05, 3.63) is 115 Å². The maximum atomic E-state index is 2.43. The van der Waals surface area contributed by atoms with E-state index in [0.29, 0.717) is 0 Å². The highest BCUT2D eigenvalue weighted by atomic mass is 32.1. The zero-order valence-corrected chi connectivity index (χ0v) is 20.4. The van der Waals surface area contributed by atoms with Crippen molar-refractivity contribution in [3.63, 3.8) is 0 Å². The molecule has 0 aliphatic carbocycles. The van der Waals surface area contributed by atoms with Crippen molar-refractivity contribution in [2.24, 2.45) is 0 Å². The summed E-state index contributed by atoms with van der Waals surface area (Å²) in [6, 6.07) is 42.0. The fourth-order valence-corrected chi connectivity index (χ4v) is 7.89. The van der Waals surface area contributed by atoms with Gasteiger partial charge in [-0.1, -0.05) is 78.9 Å². The van der Waals surface area contributed by atoms with Crippen LogP contribution in [-0.4, -0.2) is 4.57 Å². The summed E-state index contributed by atoms with van der Waals surface area (Å²) in [4.78, 5) is 0. The molecule has 5 aromatic carbocycles. The van der Waals surface area contributed by atoms with Crippen LogP contribution in [-0.2, 0) is 0 Å². The molecule has 0 saturated heterocycles. The molecule has 164 valence electrons. The van der Waals surface area contributed by atoms with E-state index in [2.05, 4.69) is 120 Å². The Hall–Kier alpha value is -3.92. The van der Waals surface area contributed by atoms with Gasteiger partial charge >= 0.3 is 0 Å². The lowest BCUT2D eigenvalue weighted by atomic mass is 9.99. The molecule has 0 amide bonds. The third-order valence-electron chi connectivity index (χ3n) is 7.00. The number of benzene rings is 5. The van der Waals surface area contributed by atoms with E-state index in [-0.39, 0.29) is 0 Å². The Labute approximate surface area is 210 Å². The Morgan fingerprint density at radius 1 is 0.514 bits per heavy atom. The largest absolute Gasteiger partial charge is 0.308 e. The third kappa shape index (κ3) is 2.74. The van der Waals surface area contributed by atoms with E-state index in [0.717, 1.165) is 0 Å². The molecule has 8 rings (SSSR count). The Balaban J connectivity index is 1.44. The normalized spacial score (nSPS) is 12.0. The van der Waals surface area contributed by atoms with Crippen LogP contribution in [0.15, 0.2) is 115 Å². The van der Waals surface area contributed by atoms with Gasteiger partial charge in [0.15, 0.2) is 0 Å². The second kappa shape index (κ2) is 7.29. The summed E-state index contributed by atoms with van der Waals surface area (Å²) in [5.41, 5.74) is 6.38. The van der Waals surface area contributed by atoms with Crippen molar-refractivity contribution in [1.82, 2.24) is 4.57 Å². The van der Waals surface area contributed by atoms with Gasteiger partial charge in [-0.05, 0) is 47.5 Å². The molecule has 35 heavy (non-hydrogen) atoms. The smallest absolute Gasteiger partial charge is 0.0727 e. The molecule has 0 spiro atoms. The van der Waals surface area contributed by atoms with E-state index in [1.165, 1.54) is 68.2 Å². The van der Waals surface area contributed by atoms with Gasteiger partial charge in [-0.2, -0.15) is 0 Å². The molecule has 0 saturated carbocycles. The van der Waals surface area contributed by atoms with Crippen LogP contribution in [0.2, 0.25) is 0 Å². The van der Waals surface area contributed by atoms with Crippen LogP contribution >= 0.6 is 22.7 Å². The molecule has 8 aromatic rings.